The van der Waals surface area contributed by atoms with Gasteiger partial charge in [0.1, 0.15) is 0 Å². The third-order valence-electron chi connectivity index (χ3n) is 8.05. The highest BCUT2D eigenvalue weighted by molar-refractivity contribution is 5.84. The zero-order valence-electron chi connectivity index (χ0n) is 20.0. The van der Waals surface area contributed by atoms with Gasteiger partial charge in [-0.1, -0.05) is 27.7 Å². The second-order valence-electron chi connectivity index (χ2n) is 12.2. The van der Waals surface area contributed by atoms with Crippen molar-refractivity contribution in [2.75, 3.05) is 6.61 Å². The van der Waals surface area contributed by atoms with Crippen molar-refractivity contribution < 1.29 is 14.3 Å². The number of primary amides is 1. The lowest BCUT2D eigenvalue weighted by molar-refractivity contribution is -0.137. The van der Waals surface area contributed by atoms with Crippen LogP contribution in [0.1, 0.15) is 100 Å². The predicted molar refractivity (Wildman–Crippen MR) is 117 cm³/mol. The average molecular weight is 409 g/mol. The van der Waals surface area contributed by atoms with Crippen LogP contribution in [0.25, 0.3) is 0 Å². The predicted octanol–water partition coefficient (Wildman–Crippen LogP) is 4.57. The fourth-order valence-electron chi connectivity index (χ4n) is 5.17. The third kappa shape index (κ3) is 5.34. The molecule has 5 heteroatoms. The summed E-state index contributed by atoms with van der Waals surface area (Å²) in [4.78, 5) is 24.8. The first-order valence-corrected chi connectivity index (χ1v) is 11.3. The van der Waals surface area contributed by atoms with Gasteiger partial charge in [0.15, 0.2) is 0 Å². The number of hydrogen-bond donors (Lipinski definition) is 2. The van der Waals surface area contributed by atoms with Gasteiger partial charge in [-0.2, -0.15) is 0 Å². The normalized spacial score (nSPS) is 25.3. The van der Waals surface area contributed by atoms with Crippen LogP contribution >= 0.6 is 0 Å². The summed E-state index contributed by atoms with van der Waals surface area (Å²) in [7, 11) is 0. The number of carbonyl (C=O) groups excluding carboxylic acids is 2. The van der Waals surface area contributed by atoms with E-state index in [1.54, 1.807) is 0 Å². The highest BCUT2D eigenvalue weighted by Gasteiger charge is 2.50. The van der Waals surface area contributed by atoms with Crippen LogP contribution in [0.5, 0.6) is 0 Å². The summed E-state index contributed by atoms with van der Waals surface area (Å²) in [6.07, 6.45) is 6.98. The quantitative estimate of drug-likeness (QED) is 0.555. The summed E-state index contributed by atoms with van der Waals surface area (Å²) in [5.74, 6) is 0.718. The minimum absolute atomic E-state index is 0.107. The molecule has 0 aromatic heterocycles. The molecule has 0 atom stereocenters. The van der Waals surface area contributed by atoms with E-state index in [1.807, 2.05) is 13.8 Å². The summed E-state index contributed by atoms with van der Waals surface area (Å²) < 4.78 is 6.32. The lowest BCUT2D eigenvalue weighted by Crippen LogP contribution is -2.51. The maximum Gasteiger partial charge on any atom is 0.226 e. The molecule has 168 valence electrons. The first-order valence-electron chi connectivity index (χ1n) is 11.3. The Balaban J connectivity index is 1.89. The molecule has 29 heavy (non-hydrogen) atoms. The third-order valence-corrected chi connectivity index (χ3v) is 8.05. The van der Waals surface area contributed by atoms with Crippen molar-refractivity contribution >= 4 is 11.8 Å². The smallest absolute Gasteiger partial charge is 0.226 e. The molecule has 0 spiro atoms. The largest absolute Gasteiger partial charge is 0.375 e. The number of carbonyl (C=O) groups is 2. The van der Waals surface area contributed by atoms with Crippen LogP contribution in [-0.2, 0) is 14.3 Å². The molecule has 0 aliphatic heterocycles. The minimum atomic E-state index is -0.586. The summed E-state index contributed by atoms with van der Waals surface area (Å²) in [6, 6.07) is 0. The van der Waals surface area contributed by atoms with E-state index in [2.05, 4.69) is 46.9 Å². The summed E-state index contributed by atoms with van der Waals surface area (Å²) in [5.41, 5.74) is 3.92. The molecule has 2 aliphatic rings. The van der Waals surface area contributed by atoms with Gasteiger partial charge in [-0.05, 0) is 84.0 Å². The Morgan fingerprint density at radius 1 is 1.03 bits per heavy atom. The SMILES string of the molecule is CC(C)(CCOC(C)(C)C(C)(C)CC(C)(C)C(N)=O)NC(=O)C12CCC(CC1)C2. The lowest BCUT2D eigenvalue weighted by Gasteiger charge is -2.45. The van der Waals surface area contributed by atoms with Crippen LogP contribution in [0, 0.1) is 22.2 Å². The monoisotopic (exact) mass is 408 g/mol. The number of hydrogen-bond acceptors (Lipinski definition) is 3. The molecule has 0 heterocycles. The Morgan fingerprint density at radius 3 is 2.03 bits per heavy atom. The Labute approximate surface area is 177 Å². The van der Waals surface area contributed by atoms with Gasteiger partial charge in [0, 0.05) is 23.0 Å². The Morgan fingerprint density at radius 2 is 1.59 bits per heavy atom. The standard InChI is InChI=1S/C24H44N2O3/c1-20(2,18(25)27)16-21(3,4)23(7,8)29-14-13-22(5,6)26-19(28)24-11-9-17(15-24)10-12-24/h17H,9-16H2,1-8H3,(H2,25,27)(H,26,28). The Hall–Kier alpha value is -1.10. The molecule has 2 amide bonds. The van der Waals surface area contributed by atoms with Gasteiger partial charge in [0.2, 0.25) is 11.8 Å². The zero-order valence-corrected chi connectivity index (χ0v) is 20.0. The van der Waals surface area contributed by atoms with Gasteiger partial charge in [-0.25, -0.2) is 0 Å². The molecule has 3 N–H and O–H groups in total. The number of nitrogens with one attached hydrogen (secondary N) is 1. The number of fused-ring (bicyclic) bond motifs is 2. The van der Waals surface area contributed by atoms with E-state index >= 15 is 0 Å². The first kappa shape index (κ1) is 24.2. The van der Waals surface area contributed by atoms with Crippen LogP contribution in [0.4, 0.5) is 0 Å². The fourth-order valence-corrected chi connectivity index (χ4v) is 5.17. The van der Waals surface area contributed by atoms with Gasteiger partial charge in [0.25, 0.3) is 0 Å². The van der Waals surface area contributed by atoms with E-state index in [4.69, 9.17) is 10.5 Å². The van der Waals surface area contributed by atoms with Crippen LogP contribution in [0.15, 0.2) is 0 Å². The molecular formula is C24H44N2O3. The van der Waals surface area contributed by atoms with E-state index in [0.717, 1.165) is 31.6 Å². The van der Waals surface area contributed by atoms with Crippen LogP contribution in [0.3, 0.4) is 0 Å². The molecule has 0 saturated heterocycles. The molecule has 0 aromatic carbocycles. The number of nitrogens with two attached hydrogens (primary N) is 1. The molecule has 5 nitrogen and oxygen atoms in total. The van der Waals surface area contributed by atoms with E-state index in [9.17, 15) is 9.59 Å². The van der Waals surface area contributed by atoms with Crippen LogP contribution < -0.4 is 11.1 Å². The number of ether oxygens (including phenoxy) is 1. The Bertz CT molecular complexity index is 626. The topological polar surface area (TPSA) is 81.4 Å². The fraction of sp³-hybridized carbons (Fsp3) is 0.917. The van der Waals surface area contributed by atoms with Crippen molar-refractivity contribution in [1.82, 2.24) is 5.32 Å². The minimum Gasteiger partial charge on any atom is -0.375 e. The number of amides is 2. The molecular weight excluding hydrogens is 364 g/mol. The average Bonchev–Trinajstić information content (AvgIpc) is 3.15. The number of rotatable bonds is 10. The summed E-state index contributed by atoms with van der Waals surface area (Å²) in [6.45, 7) is 16.9. The van der Waals surface area contributed by atoms with Gasteiger partial charge < -0.3 is 15.8 Å². The van der Waals surface area contributed by atoms with Gasteiger partial charge >= 0.3 is 0 Å². The maximum absolute atomic E-state index is 13.0. The van der Waals surface area contributed by atoms with E-state index in [1.165, 1.54) is 12.8 Å². The van der Waals surface area contributed by atoms with Crippen LogP contribution in [0.2, 0.25) is 0 Å². The molecule has 2 rings (SSSR count). The molecule has 0 unspecified atom stereocenters. The summed E-state index contributed by atoms with van der Waals surface area (Å²) in [5, 5.41) is 3.31. The molecule has 2 aliphatic carbocycles. The van der Waals surface area contributed by atoms with Crippen molar-refractivity contribution in [3.63, 3.8) is 0 Å². The molecule has 2 fully saturated rings. The summed E-state index contributed by atoms with van der Waals surface area (Å²) >= 11 is 0. The maximum atomic E-state index is 13.0. The highest BCUT2D eigenvalue weighted by Crippen LogP contribution is 2.54. The zero-order chi connectivity index (χ0) is 22.3. The Kier molecular flexibility index (Phi) is 6.56. The molecule has 2 saturated carbocycles. The molecule has 2 bridgehead atoms. The lowest BCUT2D eigenvalue weighted by atomic mass is 9.66. The highest BCUT2D eigenvalue weighted by atomic mass is 16.5. The van der Waals surface area contributed by atoms with Crippen molar-refractivity contribution in [2.45, 2.75) is 111 Å². The van der Waals surface area contributed by atoms with E-state index in [0.29, 0.717) is 13.0 Å². The van der Waals surface area contributed by atoms with E-state index < -0.39 is 11.0 Å². The van der Waals surface area contributed by atoms with Gasteiger partial charge in [-0.3, -0.25) is 9.59 Å². The van der Waals surface area contributed by atoms with Crippen molar-refractivity contribution in [2.24, 2.45) is 27.9 Å². The van der Waals surface area contributed by atoms with Crippen molar-refractivity contribution in [1.29, 1.82) is 0 Å². The van der Waals surface area contributed by atoms with Crippen molar-refractivity contribution in [3.05, 3.63) is 0 Å². The molecule has 0 aromatic rings. The van der Waals surface area contributed by atoms with Gasteiger partial charge in [0.05, 0.1) is 5.60 Å². The van der Waals surface area contributed by atoms with Gasteiger partial charge in [-0.15, -0.1) is 0 Å². The van der Waals surface area contributed by atoms with Crippen molar-refractivity contribution in [3.8, 4) is 0 Å². The van der Waals surface area contributed by atoms with Crippen LogP contribution in [-0.4, -0.2) is 29.6 Å². The second-order valence-corrected chi connectivity index (χ2v) is 12.2. The molecule has 0 radical (unpaired) electrons. The first-order chi connectivity index (χ1) is 13.0. The second kappa shape index (κ2) is 7.86. The van der Waals surface area contributed by atoms with E-state index in [-0.39, 0.29) is 28.2 Å².